The minimum atomic E-state index is 0.952. The lowest BCUT2D eigenvalue weighted by Crippen LogP contribution is -2.30. The van der Waals surface area contributed by atoms with Gasteiger partial charge in [-0.25, -0.2) is 4.98 Å². The van der Waals surface area contributed by atoms with E-state index in [0.29, 0.717) is 0 Å². The van der Waals surface area contributed by atoms with E-state index >= 15 is 0 Å². The SMILES string of the molecule is Cc1cc2occc2c(N2CCCCC2)n1. The molecule has 0 aromatic carbocycles. The molecular formula is C13H16N2O. The van der Waals surface area contributed by atoms with Crippen molar-refractivity contribution < 1.29 is 4.42 Å². The molecule has 3 nitrogen and oxygen atoms in total. The second-order valence-electron chi connectivity index (χ2n) is 4.47. The molecule has 3 rings (SSSR count). The molecule has 84 valence electrons. The third-order valence-electron chi connectivity index (χ3n) is 3.21. The third kappa shape index (κ3) is 1.56. The standard InChI is InChI=1S/C13H16N2O/c1-10-9-12-11(5-8-16-12)13(14-10)15-6-3-2-4-7-15/h5,8-9H,2-4,6-7H2,1H3. The van der Waals surface area contributed by atoms with Gasteiger partial charge < -0.3 is 9.32 Å². The Kier molecular flexibility index (Phi) is 2.31. The van der Waals surface area contributed by atoms with Crippen molar-refractivity contribution in [2.75, 3.05) is 18.0 Å². The number of rotatable bonds is 1. The Hall–Kier alpha value is -1.51. The Morgan fingerprint density at radius 2 is 2.06 bits per heavy atom. The van der Waals surface area contributed by atoms with E-state index in [2.05, 4.69) is 9.88 Å². The van der Waals surface area contributed by atoms with Gasteiger partial charge in [-0.2, -0.15) is 0 Å². The fraction of sp³-hybridized carbons (Fsp3) is 0.462. The molecule has 0 amide bonds. The molecule has 0 atom stereocenters. The summed E-state index contributed by atoms with van der Waals surface area (Å²) < 4.78 is 5.46. The summed E-state index contributed by atoms with van der Waals surface area (Å²) in [4.78, 5) is 7.05. The van der Waals surface area contributed by atoms with E-state index in [1.807, 2.05) is 19.1 Å². The molecule has 2 aromatic rings. The monoisotopic (exact) mass is 216 g/mol. The molecule has 0 aliphatic carbocycles. The van der Waals surface area contributed by atoms with E-state index in [0.717, 1.165) is 35.6 Å². The summed E-state index contributed by atoms with van der Waals surface area (Å²) in [6, 6.07) is 4.02. The number of nitrogens with zero attached hydrogens (tertiary/aromatic N) is 2. The smallest absolute Gasteiger partial charge is 0.140 e. The molecule has 0 bridgehead atoms. The zero-order valence-corrected chi connectivity index (χ0v) is 9.57. The highest BCUT2D eigenvalue weighted by molar-refractivity contribution is 5.89. The Labute approximate surface area is 95.1 Å². The predicted octanol–water partition coefficient (Wildman–Crippen LogP) is 3.13. The molecule has 0 N–H and O–H groups in total. The molecule has 3 heteroatoms. The predicted molar refractivity (Wildman–Crippen MR) is 64.8 cm³/mol. The van der Waals surface area contributed by atoms with E-state index in [9.17, 15) is 0 Å². The summed E-state index contributed by atoms with van der Waals surface area (Å²) >= 11 is 0. The summed E-state index contributed by atoms with van der Waals surface area (Å²) in [5, 5.41) is 1.15. The highest BCUT2D eigenvalue weighted by Crippen LogP contribution is 2.28. The number of anilines is 1. The van der Waals surface area contributed by atoms with Crippen molar-refractivity contribution in [1.29, 1.82) is 0 Å². The van der Waals surface area contributed by atoms with Crippen LogP contribution in [0, 0.1) is 6.92 Å². The van der Waals surface area contributed by atoms with Crippen LogP contribution >= 0.6 is 0 Å². The quantitative estimate of drug-likeness (QED) is 0.733. The number of aryl methyl sites for hydroxylation is 1. The number of aromatic nitrogens is 1. The summed E-state index contributed by atoms with van der Waals surface area (Å²) in [6.45, 7) is 4.27. The molecule has 16 heavy (non-hydrogen) atoms. The van der Waals surface area contributed by atoms with Crippen LogP contribution < -0.4 is 4.90 Å². The van der Waals surface area contributed by atoms with Crippen molar-refractivity contribution in [3.8, 4) is 0 Å². The van der Waals surface area contributed by atoms with E-state index < -0.39 is 0 Å². The Morgan fingerprint density at radius 1 is 1.25 bits per heavy atom. The number of hydrogen-bond donors (Lipinski definition) is 0. The van der Waals surface area contributed by atoms with Crippen LogP contribution in [-0.4, -0.2) is 18.1 Å². The Bertz CT molecular complexity index is 498. The van der Waals surface area contributed by atoms with Crippen LogP contribution in [-0.2, 0) is 0 Å². The normalized spacial score (nSPS) is 16.9. The first-order valence-corrected chi connectivity index (χ1v) is 5.94. The third-order valence-corrected chi connectivity index (χ3v) is 3.21. The zero-order valence-electron chi connectivity index (χ0n) is 9.57. The van der Waals surface area contributed by atoms with Crippen molar-refractivity contribution >= 4 is 16.8 Å². The van der Waals surface area contributed by atoms with Crippen LogP contribution in [0.1, 0.15) is 25.0 Å². The van der Waals surface area contributed by atoms with E-state index in [1.54, 1.807) is 6.26 Å². The second-order valence-corrected chi connectivity index (χ2v) is 4.47. The fourth-order valence-corrected chi connectivity index (χ4v) is 2.41. The molecular weight excluding hydrogens is 200 g/mol. The first kappa shape index (κ1) is 9.70. The van der Waals surface area contributed by atoms with Crippen LogP contribution in [0.25, 0.3) is 11.0 Å². The van der Waals surface area contributed by atoms with Crippen molar-refractivity contribution in [3.05, 3.63) is 24.1 Å². The number of pyridine rings is 1. The number of piperidine rings is 1. The van der Waals surface area contributed by atoms with Gasteiger partial charge in [0.2, 0.25) is 0 Å². The minimum Gasteiger partial charge on any atom is -0.464 e. The zero-order chi connectivity index (χ0) is 11.0. The van der Waals surface area contributed by atoms with Gasteiger partial charge >= 0.3 is 0 Å². The van der Waals surface area contributed by atoms with Gasteiger partial charge in [0.05, 0.1) is 11.6 Å². The average molecular weight is 216 g/mol. The highest BCUT2D eigenvalue weighted by atomic mass is 16.3. The molecule has 0 spiro atoms. The molecule has 1 fully saturated rings. The first-order valence-electron chi connectivity index (χ1n) is 5.94. The number of fused-ring (bicyclic) bond motifs is 1. The fourth-order valence-electron chi connectivity index (χ4n) is 2.41. The van der Waals surface area contributed by atoms with Gasteiger partial charge in [0.25, 0.3) is 0 Å². The largest absolute Gasteiger partial charge is 0.464 e. The van der Waals surface area contributed by atoms with Crippen LogP contribution in [0.15, 0.2) is 22.8 Å². The van der Waals surface area contributed by atoms with Crippen LogP contribution in [0.5, 0.6) is 0 Å². The van der Waals surface area contributed by atoms with Gasteiger partial charge in [0.1, 0.15) is 11.4 Å². The summed E-state index contributed by atoms with van der Waals surface area (Å²) in [5.41, 5.74) is 1.98. The molecule has 2 aromatic heterocycles. The molecule has 0 unspecified atom stereocenters. The Morgan fingerprint density at radius 3 is 2.88 bits per heavy atom. The van der Waals surface area contributed by atoms with Crippen LogP contribution in [0.2, 0.25) is 0 Å². The van der Waals surface area contributed by atoms with Gasteiger partial charge in [-0.15, -0.1) is 0 Å². The van der Waals surface area contributed by atoms with Crippen LogP contribution in [0.3, 0.4) is 0 Å². The minimum absolute atomic E-state index is 0.952. The van der Waals surface area contributed by atoms with Gasteiger partial charge in [-0.1, -0.05) is 0 Å². The van der Waals surface area contributed by atoms with E-state index in [-0.39, 0.29) is 0 Å². The van der Waals surface area contributed by atoms with Crippen molar-refractivity contribution in [2.24, 2.45) is 0 Å². The number of hydrogen-bond acceptors (Lipinski definition) is 3. The second kappa shape index (κ2) is 3.81. The molecule has 0 saturated carbocycles. The lowest BCUT2D eigenvalue weighted by Gasteiger charge is -2.28. The topological polar surface area (TPSA) is 29.3 Å². The van der Waals surface area contributed by atoms with Crippen molar-refractivity contribution in [1.82, 2.24) is 4.98 Å². The van der Waals surface area contributed by atoms with Gasteiger partial charge in [-0.05, 0) is 32.3 Å². The lowest BCUT2D eigenvalue weighted by atomic mass is 10.1. The van der Waals surface area contributed by atoms with Gasteiger partial charge in [0.15, 0.2) is 0 Å². The molecule has 1 saturated heterocycles. The highest BCUT2D eigenvalue weighted by Gasteiger charge is 2.16. The van der Waals surface area contributed by atoms with Crippen molar-refractivity contribution in [2.45, 2.75) is 26.2 Å². The maximum atomic E-state index is 5.46. The number of furan rings is 1. The molecule has 3 heterocycles. The molecule has 1 aliphatic rings. The maximum absolute atomic E-state index is 5.46. The summed E-state index contributed by atoms with van der Waals surface area (Å²) in [6.07, 6.45) is 5.64. The molecule has 1 aliphatic heterocycles. The van der Waals surface area contributed by atoms with Crippen LogP contribution in [0.4, 0.5) is 5.82 Å². The first-order chi connectivity index (χ1) is 7.84. The summed E-state index contributed by atoms with van der Waals surface area (Å²) in [7, 11) is 0. The summed E-state index contributed by atoms with van der Waals surface area (Å²) in [5.74, 6) is 1.10. The van der Waals surface area contributed by atoms with Gasteiger partial charge in [-0.3, -0.25) is 0 Å². The lowest BCUT2D eigenvalue weighted by molar-refractivity contribution is 0.574. The Balaban J connectivity index is 2.09. The average Bonchev–Trinajstić information content (AvgIpc) is 2.77. The maximum Gasteiger partial charge on any atom is 0.140 e. The molecule has 0 radical (unpaired) electrons. The van der Waals surface area contributed by atoms with Gasteiger partial charge in [0, 0.05) is 24.8 Å². The van der Waals surface area contributed by atoms with Crippen molar-refractivity contribution in [3.63, 3.8) is 0 Å². The van der Waals surface area contributed by atoms with E-state index in [1.165, 1.54) is 19.3 Å². The van der Waals surface area contributed by atoms with E-state index in [4.69, 9.17) is 4.42 Å².